The number of para-hydroxylation sites is 1. The Balaban J connectivity index is 0.827. The highest BCUT2D eigenvalue weighted by Crippen LogP contribution is 2.37. The maximum Gasteiger partial charge on any atom is 0.408 e. The summed E-state index contributed by atoms with van der Waals surface area (Å²) in [6.45, 7) is 15.7. The van der Waals surface area contributed by atoms with Gasteiger partial charge in [0.05, 0.1) is 87.1 Å². The first-order chi connectivity index (χ1) is 54.0. The molecule has 9 amide bonds. The van der Waals surface area contributed by atoms with Crippen molar-refractivity contribution in [1.29, 1.82) is 0 Å². The lowest BCUT2D eigenvalue weighted by atomic mass is 9.82. The summed E-state index contributed by atoms with van der Waals surface area (Å²) in [5.74, 6) is 0.646. The van der Waals surface area contributed by atoms with Crippen LogP contribution in [0.2, 0.25) is 0 Å². The molecule has 10 atom stereocenters. The van der Waals surface area contributed by atoms with E-state index >= 15 is 0 Å². The predicted octanol–water partition coefficient (Wildman–Crippen LogP) is 10.1. The van der Waals surface area contributed by atoms with Crippen LogP contribution in [0, 0.1) is 53.3 Å². The summed E-state index contributed by atoms with van der Waals surface area (Å²) < 4.78 is 29.1. The Labute approximate surface area is 666 Å². The van der Waals surface area contributed by atoms with Crippen molar-refractivity contribution >= 4 is 76.3 Å². The number of carbonyl (C=O) groups excluding carboxylic acids is 11. The molecule has 2 fully saturated rings. The number of amides is 9. The third kappa shape index (κ3) is 27.7. The van der Waals surface area contributed by atoms with E-state index in [1.54, 1.807) is 87.9 Å². The zero-order chi connectivity index (χ0) is 82.3. The Morgan fingerprint density at radius 2 is 1.33 bits per heavy atom. The van der Waals surface area contributed by atoms with Crippen molar-refractivity contribution in [2.45, 2.75) is 213 Å². The van der Waals surface area contributed by atoms with E-state index in [0.29, 0.717) is 50.0 Å². The lowest BCUT2D eigenvalue weighted by molar-refractivity contribution is -0.149. The van der Waals surface area contributed by atoms with Gasteiger partial charge in [0.2, 0.25) is 35.4 Å². The third-order valence-corrected chi connectivity index (χ3v) is 22.0. The summed E-state index contributed by atoms with van der Waals surface area (Å²) >= 11 is 0. The first-order valence-corrected chi connectivity index (χ1v) is 40.0. The molecule has 0 bridgehead atoms. The molecule has 7 rings (SSSR count). The molecule has 26 nitrogen and oxygen atoms in total. The van der Waals surface area contributed by atoms with E-state index in [9.17, 15) is 57.8 Å². The van der Waals surface area contributed by atoms with Crippen molar-refractivity contribution in [2.24, 2.45) is 47.2 Å². The summed E-state index contributed by atoms with van der Waals surface area (Å²) in [7, 11) is 4.82. The van der Waals surface area contributed by atoms with Gasteiger partial charge in [0, 0.05) is 114 Å². The van der Waals surface area contributed by atoms with Crippen molar-refractivity contribution < 1.29 is 81.5 Å². The molecule has 4 aromatic rings. The highest BCUT2D eigenvalue weighted by atomic mass is 16.5. The van der Waals surface area contributed by atoms with Crippen molar-refractivity contribution in [3.63, 3.8) is 0 Å². The number of primary amides is 1. The highest BCUT2D eigenvalue weighted by Gasteiger charge is 2.45. The lowest BCUT2D eigenvalue weighted by Crippen LogP contribution is -2.55. The Morgan fingerprint density at radius 3 is 2.00 bits per heavy atom. The van der Waals surface area contributed by atoms with Crippen LogP contribution >= 0.6 is 0 Å². The van der Waals surface area contributed by atoms with Gasteiger partial charge >= 0.3 is 12.1 Å². The molecule has 2 aliphatic heterocycles. The number of methoxy groups -OCH3 is 2. The Kier molecular flexibility index (Phi) is 36.6. The molecule has 2 heterocycles. The number of anilines is 2. The molecule has 8 N–H and O–H groups in total. The third-order valence-electron chi connectivity index (χ3n) is 22.0. The number of fused-ring (bicyclic) bond motifs is 2. The van der Waals surface area contributed by atoms with E-state index in [0.717, 1.165) is 53.6 Å². The number of Topliss-reactive ketones (excluding diaryl/α,β-unsaturated/α-hetero) is 3. The summed E-state index contributed by atoms with van der Waals surface area (Å²) in [5.41, 5.74) is 8.78. The Hall–Kier alpha value is -9.39. The van der Waals surface area contributed by atoms with Crippen LogP contribution in [-0.2, 0) is 80.0 Å². The Bertz CT molecular complexity index is 3890. The fourth-order valence-corrected chi connectivity index (χ4v) is 15.3. The van der Waals surface area contributed by atoms with Gasteiger partial charge in [0.15, 0.2) is 11.6 Å². The van der Waals surface area contributed by atoms with Crippen LogP contribution in [0.5, 0.6) is 0 Å². The van der Waals surface area contributed by atoms with Crippen molar-refractivity contribution in [2.75, 3.05) is 77.5 Å². The fraction of sp³-hybridized carbons (Fsp3) is 0.575. The number of nitrogens with one attached hydrogen (secondary N) is 5. The van der Waals surface area contributed by atoms with Crippen LogP contribution in [0.15, 0.2) is 103 Å². The predicted molar refractivity (Wildman–Crippen MR) is 429 cm³/mol. The molecule has 3 aliphatic rings. The molecule has 26 heteroatoms. The number of hydrogen-bond donors (Lipinski definition) is 7. The first kappa shape index (κ1) is 90.8. The second-order valence-electron chi connectivity index (χ2n) is 31.4. The Morgan fingerprint density at radius 1 is 0.664 bits per heavy atom. The van der Waals surface area contributed by atoms with Crippen LogP contribution in [0.4, 0.5) is 21.0 Å². The number of alkyl carbamates (subject to hydrolysis) is 1. The molecular formula is C87H121N9O17. The number of likely N-dealkylation sites (N-methyl/N-ethyl adjacent to an activating group) is 1. The average molecular weight is 1560 g/mol. The maximum absolute atomic E-state index is 14.9. The number of aliphatic hydroxyl groups is 1. The summed E-state index contributed by atoms with van der Waals surface area (Å²) in [6, 6.07) is 28.4. The maximum atomic E-state index is 14.9. The van der Waals surface area contributed by atoms with Gasteiger partial charge in [-0.2, -0.15) is 0 Å². The van der Waals surface area contributed by atoms with Gasteiger partial charge in [-0.1, -0.05) is 139 Å². The standard InChI is InChI=1S/C87H121N9O17/c1-56(2)68(84(106)94(9)80(63-26-16-17-27-63)73(109-10)53-78(103)95-45-23-33-70(95)82(110-11)59(6)71(97)50-58(5)81(104)64-28-13-12-14-29-64)52-74(99)87(7,8)93-86(108)113-55-60-36-40-67(41-37-60)91-83(105)65(31-22-43-90-85(88)107)51-72(98)79(57(3)4)92-76(101)42-46-111-48-49-112-47-44-89-75(100)34-21-35-77(102)96-54-66-30-18-15-24-61(66)38-39-62-25-19-20-32-69(62)96/h12-15,18-20,24-25,28-30,32,36-37,40-41,56-59,63,65,68,70,73,79-82,104H,16-17,21-23,26-27,31,33-35,42-55H2,1-11H3,(H,89,100)(H,91,105)(H,92,101)(H,93,108)(H3,88,90,107)/t58-,59-,65?,68-,70-,73+,79-,80-,81+,82+/m0/s1. The first-order valence-electron chi connectivity index (χ1n) is 40.0. The summed E-state index contributed by atoms with van der Waals surface area (Å²) in [6.07, 6.45) is 2.67. The number of ketones is 3. The number of aliphatic hydroxyl groups excluding tert-OH is 1. The van der Waals surface area contributed by atoms with Crippen LogP contribution in [0.25, 0.3) is 0 Å². The van der Waals surface area contributed by atoms with Crippen molar-refractivity contribution in [3.8, 4) is 11.8 Å². The van der Waals surface area contributed by atoms with Crippen LogP contribution in [0.3, 0.4) is 0 Å². The molecular weight excluding hydrogens is 1440 g/mol. The topological polar surface area (TPSA) is 350 Å². The van der Waals surface area contributed by atoms with Gasteiger partial charge in [-0.05, 0) is 129 Å². The number of carbonyl (C=O) groups is 11. The second-order valence-corrected chi connectivity index (χ2v) is 31.4. The van der Waals surface area contributed by atoms with Crippen molar-refractivity contribution in [1.82, 2.24) is 31.1 Å². The van der Waals surface area contributed by atoms with E-state index in [1.807, 2.05) is 107 Å². The number of urea groups is 1. The highest BCUT2D eigenvalue weighted by molar-refractivity contribution is 5.98. The molecule has 0 aromatic heterocycles. The van der Waals surface area contributed by atoms with E-state index in [1.165, 1.54) is 0 Å². The van der Waals surface area contributed by atoms with Gasteiger partial charge in [0.1, 0.15) is 12.4 Å². The van der Waals surface area contributed by atoms with Crippen molar-refractivity contribution in [3.05, 3.63) is 131 Å². The molecule has 113 heavy (non-hydrogen) atoms. The fourth-order valence-electron chi connectivity index (χ4n) is 15.3. The molecule has 1 saturated heterocycles. The minimum absolute atomic E-state index is 0.0152. The SMILES string of the molecule is CO[C@H]([C@@H](C)C(=O)C[C@H](C)[C@@H](O)c1ccccc1)[C@@H]1CCCN1C(=O)C[C@@H](OC)[C@H](C1CCCC1)N(C)C(=O)[C@@H](CC(=O)C(C)(C)NC(=O)OCc1ccc(NC(=O)C(CCCNC(N)=O)CC(=O)[C@@H](NC(=O)CCOCCOCCNC(=O)CCCC(=O)N2Cc3ccccc3C#Cc3ccccc32)C(C)C)cc1)C(C)C. The second kappa shape index (κ2) is 45.5. The smallest absolute Gasteiger partial charge is 0.408 e. The van der Waals surface area contributed by atoms with Crippen LogP contribution < -0.4 is 37.2 Å². The number of ether oxygens (including phenoxy) is 5. The molecule has 0 spiro atoms. The summed E-state index contributed by atoms with van der Waals surface area (Å²) in [5, 5.41) is 24.7. The van der Waals surface area contributed by atoms with Crippen LogP contribution in [-0.4, -0.2) is 183 Å². The van der Waals surface area contributed by atoms with E-state index < -0.39 is 83.4 Å². The number of nitrogens with two attached hydrogens (primary N) is 1. The molecule has 1 aliphatic carbocycles. The van der Waals surface area contributed by atoms with E-state index in [4.69, 9.17) is 29.4 Å². The molecule has 1 unspecified atom stereocenters. The molecule has 616 valence electrons. The zero-order valence-corrected chi connectivity index (χ0v) is 67.9. The molecule has 1 saturated carbocycles. The normalized spacial score (nSPS) is 16.5. The average Bonchev–Trinajstić information content (AvgIpc) is 1.35. The minimum Gasteiger partial charge on any atom is -0.445 e. The molecule has 4 aromatic carbocycles. The summed E-state index contributed by atoms with van der Waals surface area (Å²) in [4.78, 5) is 155. The number of hydrogen-bond acceptors (Lipinski definition) is 17. The monoisotopic (exact) mass is 1560 g/mol. The van der Waals surface area contributed by atoms with Gasteiger partial charge in [-0.25, -0.2) is 9.59 Å². The van der Waals surface area contributed by atoms with Gasteiger partial charge in [-0.3, -0.25) is 43.2 Å². The lowest BCUT2D eigenvalue weighted by Gasteiger charge is -2.41. The van der Waals surface area contributed by atoms with Gasteiger partial charge in [-0.15, -0.1) is 0 Å². The number of nitrogens with zero attached hydrogens (tertiary/aromatic N) is 3. The van der Waals surface area contributed by atoms with E-state index in [-0.39, 0.29) is 162 Å². The minimum atomic E-state index is -1.48. The molecule has 0 radical (unpaired) electrons. The van der Waals surface area contributed by atoms with Gasteiger partial charge < -0.3 is 75.8 Å². The zero-order valence-electron chi connectivity index (χ0n) is 67.9. The van der Waals surface area contributed by atoms with E-state index in [2.05, 4.69) is 38.4 Å². The van der Waals surface area contributed by atoms with Gasteiger partial charge in [0.25, 0.3) is 0 Å². The number of likely N-dealkylation sites (tertiary alicyclic amines) is 1. The number of benzene rings is 4. The quantitative estimate of drug-likeness (QED) is 0.0160. The largest absolute Gasteiger partial charge is 0.445 e. The van der Waals surface area contributed by atoms with Crippen LogP contribution in [0.1, 0.15) is 192 Å². The number of rotatable bonds is 46.